The number of halogens is 3. The van der Waals surface area contributed by atoms with Crippen LogP contribution in [0.25, 0.3) is 10.9 Å². The Hall–Kier alpha value is -2.51. The van der Waals surface area contributed by atoms with Crippen molar-refractivity contribution >= 4 is 16.6 Å². The lowest BCUT2D eigenvalue weighted by molar-refractivity contribution is -0.271. The minimum atomic E-state index is -4.81. The van der Waals surface area contributed by atoms with E-state index in [0.717, 1.165) is 24.8 Å². The van der Waals surface area contributed by atoms with Crippen LogP contribution in [-0.4, -0.2) is 40.4 Å². The summed E-state index contributed by atoms with van der Waals surface area (Å²) < 4.78 is 44.6. The molecule has 1 aliphatic rings. The zero-order chi connectivity index (χ0) is 21.4. The van der Waals surface area contributed by atoms with E-state index in [-0.39, 0.29) is 5.56 Å². The number of rotatable bonds is 5. The summed E-state index contributed by atoms with van der Waals surface area (Å²) >= 11 is 0. The minimum absolute atomic E-state index is 0.119. The molecule has 1 atom stereocenters. The second-order valence-electron chi connectivity index (χ2n) is 8.13. The van der Waals surface area contributed by atoms with E-state index < -0.39 is 18.3 Å². The van der Waals surface area contributed by atoms with Gasteiger partial charge in [0.25, 0.3) is 0 Å². The number of nitrogens with zero attached hydrogens (tertiary/aromatic N) is 2. The molecule has 0 radical (unpaired) electrons. The molecule has 2 aromatic carbocycles. The molecule has 160 valence electrons. The molecule has 30 heavy (non-hydrogen) atoms. The number of β-amino-alcohol motifs (C(OH)–C–C–N with tert-alkyl or cyclic N) is 1. The summed E-state index contributed by atoms with van der Waals surface area (Å²) in [6, 6.07) is 14.3. The Morgan fingerprint density at radius 3 is 2.33 bits per heavy atom. The predicted molar refractivity (Wildman–Crippen MR) is 112 cm³/mol. The maximum atomic E-state index is 14.3. The highest BCUT2D eigenvalue weighted by molar-refractivity contribution is 5.87. The van der Waals surface area contributed by atoms with Crippen molar-refractivity contribution in [3.05, 3.63) is 65.9 Å². The number of anilines is 1. The molecule has 4 nitrogen and oxygen atoms in total. The Kier molecular flexibility index (Phi) is 5.51. The molecule has 2 heterocycles. The summed E-state index contributed by atoms with van der Waals surface area (Å²) in [5.74, 6) is 0. The number of benzene rings is 2. The lowest BCUT2D eigenvalue weighted by Gasteiger charge is -2.37. The largest absolute Gasteiger partial charge is 0.422 e. The molecular weight excluding hydrogens is 391 g/mol. The molecule has 7 heteroatoms. The summed E-state index contributed by atoms with van der Waals surface area (Å²) in [5.41, 5.74) is 4.86. The first-order chi connectivity index (χ1) is 14.3. The van der Waals surface area contributed by atoms with Crippen molar-refractivity contribution in [2.24, 2.45) is 0 Å². The van der Waals surface area contributed by atoms with E-state index in [4.69, 9.17) is 5.73 Å². The summed E-state index contributed by atoms with van der Waals surface area (Å²) in [4.78, 5) is 1.72. The van der Waals surface area contributed by atoms with Gasteiger partial charge >= 0.3 is 6.18 Å². The first kappa shape index (κ1) is 20.8. The van der Waals surface area contributed by atoms with E-state index in [0.29, 0.717) is 36.2 Å². The smallest absolute Gasteiger partial charge is 0.399 e. The van der Waals surface area contributed by atoms with Gasteiger partial charge in [-0.15, -0.1) is 0 Å². The molecule has 4 rings (SSSR count). The Morgan fingerprint density at radius 2 is 1.67 bits per heavy atom. The van der Waals surface area contributed by atoms with E-state index in [9.17, 15) is 18.3 Å². The minimum Gasteiger partial charge on any atom is -0.399 e. The van der Waals surface area contributed by atoms with E-state index in [1.54, 1.807) is 27.7 Å². The molecule has 1 aliphatic heterocycles. The van der Waals surface area contributed by atoms with Crippen molar-refractivity contribution in [2.75, 3.05) is 25.4 Å². The summed E-state index contributed by atoms with van der Waals surface area (Å²) in [6.45, 7) is 1.05. The van der Waals surface area contributed by atoms with Gasteiger partial charge in [0.2, 0.25) is 5.60 Å². The quantitative estimate of drug-likeness (QED) is 0.601. The van der Waals surface area contributed by atoms with Crippen molar-refractivity contribution in [1.29, 1.82) is 0 Å². The Morgan fingerprint density at radius 1 is 0.967 bits per heavy atom. The van der Waals surface area contributed by atoms with Crippen molar-refractivity contribution < 1.29 is 18.3 Å². The molecule has 1 saturated heterocycles. The van der Waals surface area contributed by atoms with Crippen LogP contribution in [0.15, 0.2) is 54.7 Å². The number of fused-ring (bicyclic) bond motifs is 1. The second kappa shape index (κ2) is 7.96. The third-order valence-electron chi connectivity index (χ3n) is 5.92. The van der Waals surface area contributed by atoms with Gasteiger partial charge in [-0.3, -0.25) is 4.90 Å². The molecule has 0 aliphatic carbocycles. The topological polar surface area (TPSA) is 54.4 Å². The van der Waals surface area contributed by atoms with Crippen LogP contribution in [0.2, 0.25) is 0 Å². The van der Waals surface area contributed by atoms with E-state index in [1.165, 1.54) is 6.20 Å². The fourth-order valence-electron chi connectivity index (χ4n) is 4.32. The second-order valence-corrected chi connectivity index (χ2v) is 8.13. The zero-order valence-corrected chi connectivity index (χ0v) is 16.7. The molecule has 0 bridgehead atoms. The maximum Gasteiger partial charge on any atom is 0.422 e. The van der Waals surface area contributed by atoms with E-state index in [1.807, 2.05) is 30.3 Å². The van der Waals surface area contributed by atoms with Crippen LogP contribution in [0.3, 0.4) is 0 Å². The normalized spacial score (nSPS) is 17.9. The van der Waals surface area contributed by atoms with Crippen molar-refractivity contribution in [2.45, 2.75) is 37.6 Å². The highest BCUT2D eigenvalue weighted by Crippen LogP contribution is 2.44. The van der Waals surface area contributed by atoms with Gasteiger partial charge in [-0.25, -0.2) is 0 Å². The van der Waals surface area contributed by atoms with Crippen molar-refractivity contribution in [1.82, 2.24) is 9.47 Å². The first-order valence-corrected chi connectivity index (χ1v) is 10.2. The highest BCUT2D eigenvalue weighted by Gasteiger charge is 2.57. The molecule has 1 unspecified atom stereocenters. The van der Waals surface area contributed by atoms with Crippen LogP contribution in [0.4, 0.5) is 18.9 Å². The molecule has 3 N–H and O–H groups in total. The van der Waals surface area contributed by atoms with Gasteiger partial charge in [0.05, 0.1) is 5.52 Å². The number of nitrogens with two attached hydrogens (primary N) is 1. The number of aromatic nitrogens is 1. The zero-order valence-electron chi connectivity index (χ0n) is 16.7. The summed E-state index contributed by atoms with van der Waals surface area (Å²) in [6.07, 6.45) is -0.663. The predicted octanol–water partition coefficient (Wildman–Crippen LogP) is 4.51. The standard InChI is InChI=1S/C23H26F3N3O/c24-23(25,26)22(30,16-28-11-5-2-6-12-28)20-15-29(14-17-7-3-1-4-8-17)21-13-18(27)9-10-19(20)21/h1,3-4,7-10,13,15,30H,2,5-6,11-12,14,16,27H2. The molecule has 0 amide bonds. The number of nitrogen functional groups attached to an aromatic ring is 1. The van der Waals surface area contributed by atoms with Crippen molar-refractivity contribution in [3.63, 3.8) is 0 Å². The van der Waals surface area contributed by atoms with Crippen molar-refractivity contribution in [3.8, 4) is 0 Å². The molecule has 1 fully saturated rings. The maximum absolute atomic E-state index is 14.3. The molecule has 3 aromatic rings. The fraction of sp³-hybridized carbons (Fsp3) is 0.391. The lowest BCUT2D eigenvalue weighted by Crippen LogP contribution is -2.52. The van der Waals surface area contributed by atoms with Crippen LogP contribution in [0.1, 0.15) is 30.4 Å². The van der Waals surface area contributed by atoms with E-state index >= 15 is 0 Å². The summed E-state index contributed by atoms with van der Waals surface area (Å²) in [7, 11) is 0. The monoisotopic (exact) mass is 417 g/mol. The first-order valence-electron chi connectivity index (χ1n) is 10.2. The molecule has 0 spiro atoms. The van der Waals surface area contributed by atoms with E-state index in [2.05, 4.69) is 0 Å². The number of hydrogen-bond acceptors (Lipinski definition) is 3. The average molecular weight is 417 g/mol. The van der Waals surface area contributed by atoms with Crippen LogP contribution in [-0.2, 0) is 12.1 Å². The summed E-state index contributed by atoms with van der Waals surface area (Å²) in [5, 5.41) is 11.5. The van der Waals surface area contributed by atoms with Gasteiger partial charge in [0.15, 0.2) is 0 Å². The SMILES string of the molecule is Nc1ccc2c(C(O)(CN3CCCCC3)C(F)(F)F)cn(Cc3ccccc3)c2c1. The number of alkyl halides is 3. The Labute approximate surface area is 173 Å². The molecule has 0 saturated carbocycles. The van der Waals surface area contributed by atoms with Gasteiger partial charge in [-0.05, 0) is 43.6 Å². The van der Waals surface area contributed by atoms with Crippen LogP contribution in [0, 0.1) is 0 Å². The number of hydrogen-bond donors (Lipinski definition) is 2. The van der Waals surface area contributed by atoms with Crippen LogP contribution < -0.4 is 5.73 Å². The number of piperidine rings is 1. The van der Waals surface area contributed by atoms with Gasteiger partial charge in [-0.1, -0.05) is 42.8 Å². The number of aliphatic hydroxyl groups is 1. The van der Waals surface area contributed by atoms with Gasteiger partial charge in [-0.2, -0.15) is 13.2 Å². The van der Waals surface area contributed by atoms with Gasteiger partial charge in [0.1, 0.15) is 0 Å². The Bertz CT molecular complexity index is 1010. The van der Waals surface area contributed by atoms with Gasteiger partial charge < -0.3 is 15.4 Å². The third-order valence-corrected chi connectivity index (χ3v) is 5.92. The molecule has 1 aromatic heterocycles. The van der Waals surface area contributed by atoms with Crippen LogP contribution in [0.5, 0.6) is 0 Å². The van der Waals surface area contributed by atoms with Gasteiger partial charge in [0, 0.05) is 35.9 Å². The Balaban J connectivity index is 1.82. The lowest BCUT2D eigenvalue weighted by atomic mass is 9.91. The molecular formula is C23H26F3N3O. The fourth-order valence-corrected chi connectivity index (χ4v) is 4.32. The highest BCUT2D eigenvalue weighted by atomic mass is 19.4. The number of likely N-dealkylation sites (tertiary alicyclic amines) is 1. The third kappa shape index (κ3) is 3.91. The average Bonchev–Trinajstić information content (AvgIpc) is 3.06. The van der Waals surface area contributed by atoms with Crippen LogP contribution >= 0.6 is 0 Å².